The zero-order valence-corrected chi connectivity index (χ0v) is 26.8. The quantitative estimate of drug-likeness (QED) is 0.273. The number of amides is 5. The number of carbonyl (C=O) groups excluding carboxylic acids is 5. The van der Waals surface area contributed by atoms with Crippen molar-refractivity contribution in [1.82, 2.24) is 35.1 Å². The first kappa shape index (κ1) is 34.2. The highest BCUT2D eigenvalue weighted by molar-refractivity contribution is 5.96. The Kier molecular flexibility index (Phi) is 11.1. The van der Waals surface area contributed by atoms with Gasteiger partial charge in [0.2, 0.25) is 17.7 Å². The maximum absolute atomic E-state index is 13.5. The van der Waals surface area contributed by atoms with Crippen molar-refractivity contribution in [2.45, 2.75) is 51.1 Å². The summed E-state index contributed by atoms with van der Waals surface area (Å²) < 4.78 is 12.3. The zero-order chi connectivity index (χ0) is 34.2. The van der Waals surface area contributed by atoms with Gasteiger partial charge in [-0.15, -0.1) is 0 Å². The Hall–Kier alpha value is -5.15. The van der Waals surface area contributed by atoms with E-state index in [0.29, 0.717) is 25.2 Å². The van der Waals surface area contributed by atoms with E-state index in [1.165, 1.54) is 20.5 Å². The molecule has 2 saturated heterocycles. The van der Waals surface area contributed by atoms with E-state index < -0.39 is 29.9 Å². The van der Waals surface area contributed by atoms with Gasteiger partial charge in [0.1, 0.15) is 6.04 Å². The molecular formula is C32H41N7O9. The van der Waals surface area contributed by atoms with Gasteiger partial charge >= 0.3 is 12.1 Å². The number of rotatable bonds is 13. The van der Waals surface area contributed by atoms with Gasteiger partial charge in [0.15, 0.2) is 12.3 Å². The van der Waals surface area contributed by atoms with Gasteiger partial charge in [-0.2, -0.15) is 5.10 Å². The van der Waals surface area contributed by atoms with Crippen LogP contribution in [0.4, 0.5) is 4.79 Å². The fourth-order valence-corrected chi connectivity index (χ4v) is 5.61. The predicted octanol–water partition coefficient (Wildman–Crippen LogP) is 0.642. The van der Waals surface area contributed by atoms with Gasteiger partial charge in [0, 0.05) is 57.8 Å². The molecule has 16 nitrogen and oxygen atoms in total. The van der Waals surface area contributed by atoms with Gasteiger partial charge in [0.25, 0.3) is 11.8 Å². The summed E-state index contributed by atoms with van der Waals surface area (Å²) in [4.78, 5) is 80.4. The number of hydrogen-bond donors (Lipinski definition) is 3. The smallest absolute Gasteiger partial charge is 0.409 e. The Labute approximate surface area is 277 Å². The second-order valence-corrected chi connectivity index (χ2v) is 12.0. The molecule has 2 unspecified atom stereocenters. The lowest BCUT2D eigenvalue weighted by Gasteiger charge is -2.35. The third-order valence-corrected chi connectivity index (χ3v) is 8.46. The van der Waals surface area contributed by atoms with E-state index in [2.05, 4.69) is 15.7 Å². The first-order valence-corrected chi connectivity index (χ1v) is 16.2. The normalized spacial score (nSPS) is 18.2. The molecule has 2 aliphatic heterocycles. The van der Waals surface area contributed by atoms with Crippen molar-refractivity contribution in [3.8, 4) is 11.6 Å². The fourth-order valence-electron chi connectivity index (χ4n) is 5.61. The molecule has 0 bridgehead atoms. The first-order chi connectivity index (χ1) is 23.1. The molecule has 2 aromatic rings. The monoisotopic (exact) mass is 667 g/mol. The largest absolute Gasteiger partial charge is 0.481 e. The lowest BCUT2D eigenvalue weighted by Crippen LogP contribution is -2.56. The van der Waals surface area contributed by atoms with E-state index in [0.717, 1.165) is 12.8 Å². The summed E-state index contributed by atoms with van der Waals surface area (Å²) in [7, 11) is 0. The van der Waals surface area contributed by atoms with Crippen molar-refractivity contribution in [3.63, 3.8) is 0 Å². The Morgan fingerprint density at radius 2 is 1.67 bits per heavy atom. The third-order valence-electron chi connectivity index (χ3n) is 8.46. The minimum absolute atomic E-state index is 0.0365. The van der Waals surface area contributed by atoms with Crippen LogP contribution in [0.5, 0.6) is 5.88 Å². The number of benzene rings is 1. The number of hydrogen-bond acceptors (Lipinski definition) is 9. The van der Waals surface area contributed by atoms with E-state index in [1.54, 1.807) is 42.2 Å². The summed E-state index contributed by atoms with van der Waals surface area (Å²) in [6, 6.07) is 9.24. The third kappa shape index (κ3) is 8.80. The highest BCUT2D eigenvalue weighted by Crippen LogP contribution is 2.24. The van der Waals surface area contributed by atoms with Gasteiger partial charge < -0.3 is 39.9 Å². The second kappa shape index (κ2) is 15.6. The highest BCUT2D eigenvalue weighted by Gasteiger charge is 2.35. The number of nitrogens with zero attached hydrogens (tertiary/aromatic N) is 5. The van der Waals surface area contributed by atoms with Gasteiger partial charge in [-0.3, -0.25) is 24.0 Å². The molecule has 5 rings (SSSR count). The number of nitrogens with one attached hydrogen (secondary N) is 2. The van der Waals surface area contributed by atoms with E-state index in [1.807, 2.05) is 0 Å². The maximum atomic E-state index is 13.5. The van der Waals surface area contributed by atoms with E-state index >= 15 is 0 Å². The van der Waals surface area contributed by atoms with Crippen LogP contribution < -0.4 is 15.4 Å². The average Bonchev–Trinajstić information content (AvgIpc) is 3.57. The molecule has 1 aromatic carbocycles. The second-order valence-electron chi connectivity index (χ2n) is 12.0. The molecule has 0 spiro atoms. The molecule has 0 radical (unpaired) electrons. The minimum Gasteiger partial charge on any atom is -0.481 e. The Morgan fingerprint density at radius 1 is 0.958 bits per heavy atom. The standard InChI is InChI=1S/C32H41N7O9/c1-2-47-32(46)37-16-14-36(15-17-37)31(45)24(10-11-28(41)42)34-30(44)25-18-27(39(35-25)23-6-4-3-5-7-23)48-20-26(40)38-13-12-21(19-38)29(43)33-22-8-9-22/h3-7,18,21-22,24H,2,8-17,19-20H2,1H3,(H,33,43)(H,34,44)(H,41,42). The number of aromatic nitrogens is 2. The first-order valence-electron chi connectivity index (χ1n) is 16.2. The van der Waals surface area contributed by atoms with Crippen molar-refractivity contribution in [1.29, 1.82) is 0 Å². The molecule has 16 heteroatoms. The number of aliphatic carboxylic acids is 1. The molecule has 3 aliphatic rings. The molecule has 3 heterocycles. The number of carboxylic acid groups (broad SMARTS) is 1. The Morgan fingerprint density at radius 3 is 2.33 bits per heavy atom. The summed E-state index contributed by atoms with van der Waals surface area (Å²) in [5, 5.41) is 19.3. The number of carbonyl (C=O) groups is 6. The molecular weight excluding hydrogens is 626 g/mol. The lowest BCUT2D eigenvalue weighted by atomic mass is 10.1. The molecule has 3 fully saturated rings. The van der Waals surface area contributed by atoms with Crippen LogP contribution in [-0.2, 0) is 23.9 Å². The van der Waals surface area contributed by atoms with Gasteiger partial charge in [0.05, 0.1) is 18.2 Å². The van der Waals surface area contributed by atoms with E-state index in [-0.39, 0.29) is 87.6 Å². The van der Waals surface area contributed by atoms with E-state index in [4.69, 9.17) is 9.47 Å². The summed E-state index contributed by atoms with van der Waals surface area (Å²) in [6.07, 6.45) is 1.53. The molecule has 48 heavy (non-hydrogen) atoms. The number of carboxylic acids is 1. The number of para-hydroxylation sites is 1. The van der Waals surface area contributed by atoms with Crippen LogP contribution in [0.2, 0.25) is 0 Å². The fraction of sp³-hybridized carbons (Fsp3) is 0.531. The molecule has 1 saturated carbocycles. The van der Waals surface area contributed by atoms with E-state index in [9.17, 15) is 33.9 Å². The van der Waals surface area contributed by atoms with Crippen LogP contribution in [0.15, 0.2) is 36.4 Å². The van der Waals surface area contributed by atoms with Crippen LogP contribution in [0, 0.1) is 5.92 Å². The molecule has 3 N–H and O–H groups in total. The molecule has 2 atom stereocenters. The van der Waals surface area contributed by atoms with Crippen LogP contribution >= 0.6 is 0 Å². The number of likely N-dealkylation sites (tertiary alicyclic amines) is 1. The molecule has 5 amide bonds. The number of ether oxygens (including phenoxy) is 2. The highest BCUT2D eigenvalue weighted by atomic mass is 16.6. The van der Waals surface area contributed by atoms with Crippen molar-refractivity contribution in [3.05, 3.63) is 42.1 Å². The van der Waals surface area contributed by atoms with Crippen molar-refractivity contribution in [2.24, 2.45) is 5.92 Å². The van der Waals surface area contributed by atoms with Crippen LogP contribution in [-0.4, -0.2) is 130 Å². The Balaban J connectivity index is 1.25. The maximum Gasteiger partial charge on any atom is 0.409 e. The Bertz CT molecular complexity index is 1500. The van der Waals surface area contributed by atoms with Gasteiger partial charge in [-0.1, -0.05) is 18.2 Å². The summed E-state index contributed by atoms with van der Waals surface area (Å²) in [5.41, 5.74) is 0.439. The number of piperazine rings is 1. The van der Waals surface area contributed by atoms with Gasteiger partial charge in [-0.05, 0) is 44.7 Å². The minimum atomic E-state index is -1.17. The van der Waals surface area contributed by atoms with Gasteiger partial charge in [-0.25, -0.2) is 9.48 Å². The molecule has 1 aromatic heterocycles. The zero-order valence-electron chi connectivity index (χ0n) is 26.8. The topological polar surface area (TPSA) is 193 Å². The van der Waals surface area contributed by atoms with Crippen LogP contribution in [0.25, 0.3) is 5.69 Å². The predicted molar refractivity (Wildman–Crippen MR) is 168 cm³/mol. The van der Waals surface area contributed by atoms with Crippen molar-refractivity contribution in [2.75, 3.05) is 52.5 Å². The average molecular weight is 668 g/mol. The van der Waals surface area contributed by atoms with Crippen molar-refractivity contribution < 1.29 is 43.3 Å². The van der Waals surface area contributed by atoms with Crippen molar-refractivity contribution >= 4 is 35.7 Å². The van der Waals surface area contributed by atoms with Crippen LogP contribution in [0.3, 0.4) is 0 Å². The molecule has 1 aliphatic carbocycles. The lowest BCUT2D eigenvalue weighted by molar-refractivity contribution is -0.138. The summed E-state index contributed by atoms with van der Waals surface area (Å²) >= 11 is 0. The SMILES string of the molecule is CCOC(=O)N1CCN(C(=O)C(CCC(=O)O)NC(=O)c2cc(OCC(=O)N3CCC(C(=O)NC4CC4)C3)n(-c3ccccc3)n2)CC1. The molecule has 258 valence electrons. The van der Waals surface area contributed by atoms with Crippen LogP contribution in [0.1, 0.15) is 49.5 Å². The summed E-state index contributed by atoms with van der Waals surface area (Å²) in [6.45, 7) is 3.15. The summed E-state index contributed by atoms with van der Waals surface area (Å²) in [5.74, 6) is -2.86.